The number of alkyl halides is 13. The highest BCUT2D eigenvalue weighted by atomic mass is 19.4. The van der Waals surface area contributed by atoms with E-state index < -0.39 is 65.3 Å². The molecular formula is C19H18F13NO2. The zero-order valence-corrected chi connectivity index (χ0v) is 17.8. The Morgan fingerprint density at radius 3 is 1.54 bits per heavy atom. The molecule has 1 aromatic carbocycles. The molecule has 1 aromatic rings. The van der Waals surface area contributed by atoms with Crippen molar-refractivity contribution < 1.29 is 66.6 Å². The van der Waals surface area contributed by atoms with E-state index in [4.69, 9.17) is 0 Å². The summed E-state index contributed by atoms with van der Waals surface area (Å²) in [7, 11) is 0.734. The lowest BCUT2D eigenvalue weighted by Gasteiger charge is -2.42. The molecule has 2 atom stereocenters. The van der Waals surface area contributed by atoms with Gasteiger partial charge in [-0.3, -0.25) is 10.1 Å². The van der Waals surface area contributed by atoms with Gasteiger partial charge in [0.2, 0.25) is 0 Å². The average Bonchev–Trinajstić information content (AvgIpc) is 2.72. The van der Waals surface area contributed by atoms with Crippen molar-refractivity contribution >= 4 is 5.97 Å². The minimum atomic E-state index is -8.02. The molecule has 0 saturated heterocycles. The van der Waals surface area contributed by atoms with Crippen LogP contribution >= 0.6 is 0 Å². The molecule has 0 fully saturated rings. The Labute approximate surface area is 189 Å². The maximum atomic E-state index is 14.9. The Bertz CT molecular complexity index is 869. The maximum Gasteiger partial charge on any atom is 0.460 e. The van der Waals surface area contributed by atoms with Crippen molar-refractivity contribution in [2.24, 2.45) is 5.92 Å². The monoisotopic (exact) mass is 539 g/mol. The number of halogens is 13. The molecular weight excluding hydrogens is 521 g/mol. The number of esters is 1. The van der Waals surface area contributed by atoms with E-state index in [0.29, 0.717) is 12.1 Å². The summed E-state index contributed by atoms with van der Waals surface area (Å²) in [6.07, 6.45) is -7.50. The van der Waals surface area contributed by atoms with Gasteiger partial charge in [0.25, 0.3) is 0 Å². The number of nitrogens with one attached hydrogen (secondary N) is 1. The second-order valence-electron chi connectivity index (χ2n) is 7.67. The Morgan fingerprint density at radius 1 is 0.743 bits per heavy atom. The molecule has 1 N–H and O–H groups in total. The third-order valence-electron chi connectivity index (χ3n) is 4.92. The lowest BCUT2D eigenvalue weighted by molar-refractivity contribution is -0.441. The molecule has 3 nitrogen and oxygen atoms in total. The van der Waals surface area contributed by atoms with Crippen LogP contribution in [-0.4, -0.2) is 54.9 Å². The molecule has 0 bridgehead atoms. The molecule has 202 valence electrons. The molecule has 0 aliphatic carbocycles. The van der Waals surface area contributed by atoms with Crippen LogP contribution in [-0.2, 0) is 9.53 Å². The van der Waals surface area contributed by atoms with Gasteiger partial charge in [-0.15, -0.1) is 0 Å². The van der Waals surface area contributed by atoms with Gasteiger partial charge in [-0.05, 0) is 11.5 Å². The number of hydrogen-bond donors (Lipinski definition) is 1. The van der Waals surface area contributed by atoms with Gasteiger partial charge >= 0.3 is 41.8 Å². The summed E-state index contributed by atoms with van der Waals surface area (Å²) >= 11 is 0. The Kier molecular flexibility index (Phi) is 8.49. The summed E-state index contributed by atoms with van der Waals surface area (Å²) in [4.78, 5) is 11.9. The van der Waals surface area contributed by atoms with Crippen molar-refractivity contribution in [3.8, 4) is 0 Å². The quantitative estimate of drug-likeness (QED) is 0.282. The number of rotatable bonds is 10. The summed E-state index contributed by atoms with van der Waals surface area (Å²) < 4.78 is 181. The molecule has 0 aromatic heterocycles. The standard InChI is InChI=1S/C19H18F13NO2/c1-9(2)11(13(34)35-3)33-12(10-7-5-4-6-8-10)14(20,21)15(22,23)16(24,25)17(26,27)18(28,29)19(30,31)32/h4-9,11-12,33H,1-3H3/t11-,12+/m0/s1. The molecule has 35 heavy (non-hydrogen) atoms. The van der Waals surface area contributed by atoms with Crippen LogP contribution in [0.4, 0.5) is 57.1 Å². The maximum absolute atomic E-state index is 14.9. The predicted octanol–water partition coefficient (Wildman–Crippen LogP) is 6.25. The van der Waals surface area contributed by atoms with Gasteiger partial charge in [-0.2, -0.15) is 57.1 Å². The van der Waals surface area contributed by atoms with E-state index in [1.54, 1.807) is 5.32 Å². The van der Waals surface area contributed by atoms with Gasteiger partial charge in [0.05, 0.1) is 7.11 Å². The van der Waals surface area contributed by atoms with Crippen LogP contribution in [0.3, 0.4) is 0 Å². The molecule has 0 amide bonds. The number of ether oxygens (including phenoxy) is 1. The fourth-order valence-corrected chi connectivity index (χ4v) is 2.86. The summed E-state index contributed by atoms with van der Waals surface area (Å²) in [6, 6.07) is -1.27. The number of benzene rings is 1. The largest absolute Gasteiger partial charge is 0.468 e. The van der Waals surface area contributed by atoms with Gasteiger partial charge in [-0.1, -0.05) is 44.2 Å². The van der Waals surface area contributed by atoms with Crippen molar-refractivity contribution in [2.75, 3.05) is 7.11 Å². The minimum Gasteiger partial charge on any atom is -0.468 e. The number of hydrogen-bond acceptors (Lipinski definition) is 3. The highest BCUT2D eigenvalue weighted by molar-refractivity contribution is 5.76. The van der Waals surface area contributed by atoms with Crippen LogP contribution in [0.25, 0.3) is 0 Å². The molecule has 1 rings (SSSR count). The van der Waals surface area contributed by atoms with Crippen LogP contribution in [0.1, 0.15) is 25.5 Å². The first-order valence-electron chi connectivity index (χ1n) is 9.37. The van der Waals surface area contributed by atoms with Crippen molar-refractivity contribution in [3.63, 3.8) is 0 Å². The Morgan fingerprint density at radius 2 is 1.17 bits per heavy atom. The Hall–Kier alpha value is -2.26. The lowest BCUT2D eigenvalue weighted by Crippen LogP contribution is -2.71. The molecule has 0 aliphatic heterocycles. The van der Waals surface area contributed by atoms with Gasteiger partial charge < -0.3 is 4.74 Å². The van der Waals surface area contributed by atoms with Crippen LogP contribution in [0.5, 0.6) is 0 Å². The molecule has 16 heteroatoms. The predicted molar refractivity (Wildman–Crippen MR) is 93.8 cm³/mol. The lowest BCUT2D eigenvalue weighted by atomic mass is 9.87. The van der Waals surface area contributed by atoms with Crippen LogP contribution in [0.2, 0.25) is 0 Å². The normalized spacial score (nSPS) is 16.3. The first kappa shape index (κ1) is 30.8. The van der Waals surface area contributed by atoms with Crippen LogP contribution in [0, 0.1) is 5.92 Å². The van der Waals surface area contributed by atoms with E-state index in [2.05, 4.69) is 4.74 Å². The van der Waals surface area contributed by atoms with E-state index in [-0.39, 0.29) is 0 Å². The van der Waals surface area contributed by atoms with Crippen LogP contribution < -0.4 is 5.32 Å². The third-order valence-corrected chi connectivity index (χ3v) is 4.92. The Balaban J connectivity index is 3.76. The second kappa shape index (κ2) is 9.65. The molecule has 0 aliphatic rings. The van der Waals surface area contributed by atoms with E-state index >= 15 is 0 Å². The highest BCUT2D eigenvalue weighted by Crippen LogP contribution is 2.61. The minimum absolute atomic E-state index is 0.608. The number of methoxy groups -OCH3 is 1. The van der Waals surface area contributed by atoms with Gasteiger partial charge in [0, 0.05) is 0 Å². The topological polar surface area (TPSA) is 38.3 Å². The summed E-state index contributed by atoms with van der Waals surface area (Å²) in [5.74, 6) is -40.3. The SMILES string of the molecule is COC(=O)[C@@H](N[C@H](c1ccccc1)C(F)(F)C(F)(F)C(F)(F)C(F)(F)C(F)(F)C(F)(F)F)C(C)C. The van der Waals surface area contributed by atoms with Crippen molar-refractivity contribution in [1.29, 1.82) is 0 Å². The second-order valence-corrected chi connectivity index (χ2v) is 7.67. The van der Waals surface area contributed by atoms with Gasteiger partial charge in [0.1, 0.15) is 12.1 Å². The van der Waals surface area contributed by atoms with Crippen molar-refractivity contribution in [2.45, 2.75) is 61.7 Å². The first-order valence-corrected chi connectivity index (χ1v) is 9.37. The van der Waals surface area contributed by atoms with E-state index in [1.807, 2.05) is 0 Å². The van der Waals surface area contributed by atoms with Crippen LogP contribution in [0.15, 0.2) is 30.3 Å². The summed E-state index contributed by atoms with van der Waals surface area (Å²) in [6.45, 7) is 2.30. The van der Waals surface area contributed by atoms with Crippen molar-refractivity contribution in [3.05, 3.63) is 35.9 Å². The molecule has 0 spiro atoms. The number of carbonyl (C=O) groups is 1. The zero-order valence-electron chi connectivity index (χ0n) is 17.8. The fourth-order valence-electron chi connectivity index (χ4n) is 2.86. The van der Waals surface area contributed by atoms with Gasteiger partial charge in [-0.25, -0.2) is 0 Å². The van der Waals surface area contributed by atoms with Gasteiger partial charge in [0.15, 0.2) is 0 Å². The highest BCUT2D eigenvalue weighted by Gasteiger charge is 2.91. The smallest absolute Gasteiger partial charge is 0.460 e. The molecule has 0 radical (unpaired) electrons. The molecule has 0 unspecified atom stereocenters. The van der Waals surface area contributed by atoms with E-state index in [0.717, 1.165) is 39.2 Å². The first-order chi connectivity index (χ1) is 15.5. The van der Waals surface area contributed by atoms with Crippen molar-refractivity contribution in [1.82, 2.24) is 5.32 Å². The zero-order chi connectivity index (χ0) is 27.8. The summed E-state index contributed by atoms with van der Waals surface area (Å²) in [5.41, 5.74) is -1.02. The van der Waals surface area contributed by atoms with E-state index in [1.165, 1.54) is 0 Å². The third kappa shape index (κ3) is 5.03. The average molecular weight is 539 g/mol. The summed E-state index contributed by atoms with van der Waals surface area (Å²) in [5, 5.41) is 1.57. The number of carbonyl (C=O) groups excluding carboxylic acids is 1. The molecule has 0 saturated carbocycles. The fraction of sp³-hybridized carbons (Fsp3) is 0.632. The molecule has 0 heterocycles. The van der Waals surface area contributed by atoms with E-state index in [9.17, 15) is 61.9 Å².